The van der Waals surface area contributed by atoms with E-state index in [0.29, 0.717) is 12.1 Å². The summed E-state index contributed by atoms with van der Waals surface area (Å²) in [6.45, 7) is 0.555. The highest BCUT2D eigenvalue weighted by Crippen LogP contribution is 2.56. The van der Waals surface area contributed by atoms with E-state index in [9.17, 15) is 0 Å². The van der Waals surface area contributed by atoms with Crippen LogP contribution in [0.5, 0.6) is 0 Å². The van der Waals surface area contributed by atoms with Crippen molar-refractivity contribution in [1.29, 1.82) is 0 Å². The van der Waals surface area contributed by atoms with Crippen LogP contribution in [0.2, 0.25) is 0 Å². The van der Waals surface area contributed by atoms with E-state index in [1.165, 1.54) is 38.5 Å². The predicted octanol–water partition coefficient (Wildman–Crippen LogP) is 2.98. The van der Waals surface area contributed by atoms with Crippen LogP contribution in [-0.4, -0.2) is 10.5 Å². The second-order valence-corrected chi connectivity index (χ2v) is 7.53. The van der Waals surface area contributed by atoms with Crippen molar-refractivity contribution < 1.29 is 0 Å². The molecule has 0 spiro atoms. The van der Waals surface area contributed by atoms with Crippen LogP contribution in [0.15, 0.2) is 5.38 Å². The summed E-state index contributed by atoms with van der Waals surface area (Å²) in [5.41, 5.74) is 7.03. The molecule has 0 unspecified atom stereocenters. The molecule has 0 atom stereocenters. The lowest BCUT2D eigenvalue weighted by Gasteiger charge is -2.56. The lowest BCUT2D eigenvalue weighted by Crippen LogP contribution is -2.54. The number of aromatic nitrogens is 1. The molecular weight excluding hydrogens is 242 g/mol. The molecule has 4 aliphatic rings. The van der Waals surface area contributed by atoms with Crippen molar-refractivity contribution >= 4 is 16.5 Å². The van der Waals surface area contributed by atoms with Crippen LogP contribution in [0.4, 0.5) is 5.13 Å². The van der Waals surface area contributed by atoms with Crippen molar-refractivity contribution in [3.05, 3.63) is 11.1 Å². The molecule has 98 valence electrons. The molecule has 4 bridgehead atoms. The normalized spacial score (nSPS) is 41.3. The van der Waals surface area contributed by atoms with Gasteiger partial charge in [0.1, 0.15) is 0 Å². The topological polar surface area (TPSA) is 50.9 Å². The van der Waals surface area contributed by atoms with Crippen LogP contribution in [0, 0.1) is 17.8 Å². The van der Waals surface area contributed by atoms with Crippen LogP contribution < -0.4 is 11.1 Å². The third kappa shape index (κ3) is 1.77. The minimum atomic E-state index is 0.373. The second kappa shape index (κ2) is 3.94. The van der Waals surface area contributed by atoms with Gasteiger partial charge in [-0.3, -0.25) is 0 Å². The fourth-order valence-corrected chi connectivity index (χ4v) is 5.79. The SMILES string of the molecule is NCc1csc(NC23CC4CC(CC(C4)C2)C3)n1. The molecule has 4 saturated carbocycles. The maximum absolute atomic E-state index is 5.64. The Hall–Kier alpha value is -0.610. The molecule has 4 fully saturated rings. The van der Waals surface area contributed by atoms with Gasteiger partial charge in [-0.15, -0.1) is 11.3 Å². The summed E-state index contributed by atoms with van der Waals surface area (Å²) in [6, 6.07) is 0. The van der Waals surface area contributed by atoms with E-state index >= 15 is 0 Å². The van der Waals surface area contributed by atoms with Crippen LogP contribution in [-0.2, 0) is 6.54 Å². The van der Waals surface area contributed by atoms with E-state index in [0.717, 1.165) is 28.6 Å². The van der Waals surface area contributed by atoms with Gasteiger partial charge in [0.15, 0.2) is 5.13 Å². The Bertz CT molecular complexity index is 418. The maximum atomic E-state index is 5.64. The maximum Gasteiger partial charge on any atom is 0.183 e. The zero-order chi connectivity index (χ0) is 12.2. The molecule has 1 heterocycles. The number of nitrogens with zero attached hydrogens (tertiary/aromatic N) is 1. The summed E-state index contributed by atoms with van der Waals surface area (Å²) in [5, 5.41) is 6.97. The molecule has 5 rings (SSSR count). The first-order valence-corrected chi connectivity index (χ1v) is 8.05. The lowest BCUT2D eigenvalue weighted by molar-refractivity contribution is 0.0107. The smallest absolute Gasteiger partial charge is 0.183 e. The average Bonchev–Trinajstić information content (AvgIpc) is 2.74. The molecule has 0 aliphatic heterocycles. The fourth-order valence-electron chi connectivity index (χ4n) is 4.95. The van der Waals surface area contributed by atoms with E-state index in [1.54, 1.807) is 11.3 Å². The van der Waals surface area contributed by atoms with Gasteiger partial charge in [0.2, 0.25) is 0 Å². The number of anilines is 1. The zero-order valence-corrected chi connectivity index (χ0v) is 11.5. The number of rotatable bonds is 3. The molecule has 4 heteroatoms. The summed E-state index contributed by atoms with van der Waals surface area (Å²) in [5.74, 6) is 2.95. The van der Waals surface area contributed by atoms with Crippen LogP contribution in [0.3, 0.4) is 0 Å². The van der Waals surface area contributed by atoms with Gasteiger partial charge in [0, 0.05) is 17.5 Å². The van der Waals surface area contributed by atoms with Gasteiger partial charge < -0.3 is 11.1 Å². The van der Waals surface area contributed by atoms with E-state index in [-0.39, 0.29) is 0 Å². The van der Waals surface area contributed by atoms with Gasteiger partial charge in [-0.2, -0.15) is 0 Å². The summed E-state index contributed by atoms with van der Waals surface area (Å²) >= 11 is 1.72. The van der Waals surface area contributed by atoms with Gasteiger partial charge >= 0.3 is 0 Å². The van der Waals surface area contributed by atoms with Crippen molar-refractivity contribution in [2.24, 2.45) is 23.5 Å². The predicted molar refractivity (Wildman–Crippen MR) is 74.5 cm³/mol. The first-order chi connectivity index (χ1) is 8.75. The molecule has 1 aromatic heterocycles. The summed E-state index contributed by atoms with van der Waals surface area (Å²) in [7, 11) is 0. The van der Waals surface area contributed by atoms with Gasteiger partial charge in [0.05, 0.1) is 5.69 Å². The summed E-state index contributed by atoms with van der Waals surface area (Å²) in [4.78, 5) is 4.59. The van der Waals surface area contributed by atoms with Crippen molar-refractivity contribution in [2.45, 2.75) is 50.6 Å². The monoisotopic (exact) mass is 263 g/mol. The highest BCUT2D eigenvalue weighted by molar-refractivity contribution is 7.13. The second-order valence-electron chi connectivity index (χ2n) is 6.67. The summed E-state index contributed by atoms with van der Waals surface area (Å²) < 4.78 is 0. The van der Waals surface area contributed by atoms with Crippen LogP contribution >= 0.6 is 11.3 Å². The molecule has 3 N–H and O–H groups in total. The Kier molecular flexibility index (Phi) is 2.46. The Balaban J connectivity index is 1.56. The molecule has 0 aromatic carbocycles. The third-order valence-corrected chi connectivity index (χ3v) is 5.98. The van der Waals surface area contributed by atoms with Crippen molar-refractivity contribution in [1.82, 2.24) is 4.98 Å². The molecule has 1 aromatic rings. The number of hydrogen-bond donors (Lipinski definition) is 2. The molecule has 3 nitrogen and oxygen atoms in total. The Morgan fingerprint density at radius 3 is 2.33 bits per heavy atom. The van der Waals surface area contributed by atoms with E-state index in [1.807, 2.05) is 0 Å². The van der Waals surface area contributed by atoms with Gasteiger partial charge in [-0.1, -0.05) is 0 Å². The zero-order valence-electron chi connectivity index (χ0n) is 10.7. The molecule has 18 heavy (non-hydrogen) atoms. The van der Waals surface area contributed by atoms with Crippen molar-refractivity contribution in [2.75, 3.05) is 5.32 Å². The molecule has 4 aliphatic carbocycles. The number of thiazole rings is 1. The fraction of sp³-hybridized carbons (Fsp3) is 0.786. The quantitative estimate of drug-likeness (QED) is 0.881. The van der Waals surface area contributed by atoms with Gasteiger partial charge in [0.25, 0.3) is 0 Å². The first-order valence-electron chi connectivity index (χ1n) is 7.17. The standard InChI is InChI=1S/C14H21N3S/c15-7-12-8-18-13(16-12)17-14-4-9-1-10(5-14)3-11(2-9)6-14/h8-11H,1-7,15H2,(H,16,17). The number of nitrogens with two attached hydrogens (primary N) is 1. The molecular formula is C14H21N3S. The largest absolute Gasteiger partial charge is 0.356 e. The Labute approximate surface area is 112 Å². The minimum Gasteiger partial charge on any atom is -0.356 e. The summed E-state index contributed by atoms with van der Waals surface area (Å²) in [6.07, 6.45) is 8.59. The van der Waals surface area contributed by atoms with Crippen molar-refractivity contribution in [3.63, 3.8) is 0 Å². The molecule has 0 saturated heterocycles. The van der Waals surface area contributed by atoms with Crippen LogP contribution in [0.1, 0.15) is 44.2 Å². The average molecular weight is 263 g/mol. The van der Waals surface area contributed by atoms with E-state index in [2.05, 4.69) is 15.7 Å². The minimum absolute atomic E-state index is 0.373. The van der Waals surface area contributed by atoms with Gasteiger partial charge in [-0.05, 0) is 56.3 Å². The lowest BCUT2D eigenvalue weighted by atomic mass is 9.53. The third-order valence-electron chi connectivity index (χ3n) is 5.17. The highest BCUT2D eigenvalue weighted by atomic mass is 32.1. The Morgan fingerprint density at radius 2 is 1.83 bits per heavy atom. The van der Waals surface area contributed by atoms with E-state index in [4.69, 9.17) is 5.73 Å². The van der Waals surface area contributed by atoms with Crippen LogP contribution in [0.25, 0.3) is 0 Å². The number of hydrogen-bond acceptors (Lipinski definition) is 4. The highest BCUT2D eigenvalue weighted by Gasteiger charge is 2.51. The first kappa shape index (κ1) is 11.2. The molecule has 0 amide bonds. The number of nitrogens with one attached hydrogen (secondary N) is 1. The van der Waals surface area contributed by atoms with E-state index < -0.39 is 0 Å². The Morgan fingerprint density at radius 1 is 1.22 bits per heavy atom. The van der Waals surface area contributed by atoms with Crippen molar-refractivity contribution in [3.8, 4) is 0 Å². The molecule has 0 radical (unpaired) electrons. The van der Waals surface area contributed by atoms with Gasteiger partial charge in [-0.25, -0.2) is 4.98 Å².